The van der Waals surface area contributed by atoms with Crippen LogP contribution in [0.4, 0.5) is 20.2 Å². The summed E-state index contributed by atoms with van der Waals surface area (Å²) in [4.78, 5) is 29.8. The minimum absolute atomic E-state index is 0.0149. The van der Waals surface area contributed by atoms with Crippen LogP contribution in [0.1, 0.15) is 17.2 Å². The second kappa shape index (κ2) is 9.37. The van der Waals surface area contributed by atoms with Crippen LogP contribution in [-0.4, -0.2) is 43.2 Å². The summed E-state index contributed by atoms with van der Waals surface area (Å²) in [6.45, 7) is -0.276. The van der Waals surface area contributed by atoms with Gasteiger partial charge in [0.05, 0.1) is 24.0 Å². The van der Waals surface area contributed by atoms with E-state index in [-0.39, 0.29) is 30.1 Å². The maximum atomic E-state index is 15.3. The van der Waals surface area contributed by atoms with Gasteiger partial charge in [0.2, 0.25) is 5.91 Å². The highest BCUT2D eigenvalue weighted by atomic mass is 32.2. The van der Waals surface area contributed by atoms with E-state index in [9.17, 15) is 22.4 Å². The summed E-state index contributed by atoms with van der Waals surface area (Å²) in [5.74, 6) is -2.25. The second-order valence-corrected chi connectivity index (χ2v) is 11.5. The molecule has 5 rings (SSSR count). The van der Waals surface area contributed by atoms with Crippen LogP contribution >= 0.6 is 0 Å². The number of benzene rings is 2. The number of rotatable bonds is 6. The number of hydrogen-bond donors (Lipinski definition) is 3. The van der Waals surface area contributed by atoms with Gasteiger partial charge in [0.25, 0.3) is 5.56 Å². The quantitative estimate of drug-likeness (QED) is 0.344. The zero-order valence-electron chi connectivity index (χ0n) is 20.6. The number of aromatic amines is 1. The lowest BCUT2D eigenvalue weighted by atomic mass is 9.98. The molecular formula is C26H25F2N5O4S. The van der Waals surface area contributed by atoms with Crippen molar-refractivity contribution in [1.29, 1.82) is 0 Å². The molecule has 0 fully saturated rings. The molecule has 0 saturated carbocycles. The van der Waals surface area contributed by atoms with Crippen molar-refractivity contribution in [3.8, 4) is 11.1 Å². The minimum Gasteiger partial charge on any atom is -0.356 e. The SMILES string of the molecule is Cn1cc2c3c(c[nH]c3c1=O)C(CNC(=O)CN)N(c1ccc(F)cc1F)c1ccc(CS(C)(=O)=O)cc1-2. The van der Waals surface area contributed by atoms with Gasteiger partial charge in [0, 0.05) is 66.1 Å². The Morgan fingerprint density at radius 2 is 1.87 bits per heavy atom. The predicted molar refractivity (Wildman–Crippen MR) is 141 cm³/mol. The zero-order chi connectivity index (χ0) is 27.4. The lowest BCUT2D eigenvalue weighted by molar-refractivity contribution is -0.119. The smallest absolute Gasteiger partial charge is 0.274 e. The van der Waals surface area contributed by atoms with E-state index in [0.717, 1.165) is 18.4 Å². The van der Waals surface area contributed by atoms with Gasteiger partial charge in [-0.2, -0.15) is 0 Å². The fourth-order valence-corrected chi connectivity index (χ4v) is 5.81. The number of anilines is 2. The van der Waals surface area contributed by atoms with Crippen LogP contribution in [0.2, 0.25) is 0 Å². The number of nitrogens with two attached hydrogens (primary N) is 1. The Hall–Kier alpha value is -4.03. The summed E-state index contributed by atoms with van der Waals surface area (Å²) >= 11 is 0. The van der Waals surface area contributed by atoms with E-state index in [1.165, 1.54) is 10.6 Å². The van der Waals surface area contributed by atoms with Gasteiger partial charge in [-0.25, -0.2) is 17.2 Å². The third kappa shape index (κ3) is 4.45. The molecule has 12 heteroatoms. The molecule has 0 aliphatic carbocycles. The van der Waals surface area contributed by atoms with E-state index >= 15 is 4.39 Å². The van der Waals surface area contributed by atoms with Crippen molar-refractivity contribution in [1.82, 2.24) is 14.9 Å². The number of aryl methyl sites for hydroxylation is 1. The van der Waals surface area contributed by atoms with E-state index in [1.54, 1.807) is 42.5 Å². The first-order valence-corrected chi connectivity index (χ1v) is 13.8. The number of fused-ring (bicyclic) bond motifs is 2. The number of halogens is 2. The molecule has 0 spiro atoms. The highest BCUT2D eigenvalue weighted by Crippen LogP contribution is 2.48. The molecule has 198 valence electrons. The number of pyridine rings is 1. The fraction of sp³-hybridized carbons (Fsp3) is 0.231. The Balaban J connectivity index is 1.87. The number of aromatic nitrogens is 2. The molecule has 2 aromatic heterocycles. The number of nitrogens with zero attached hydrogens (tertiary/aromatic N) is 2. The first-order chi connectivity index (χ1) is 18.0. The molecule has 1 unspecified atom stereocenters. The van der Waals surface area contributed by atoms with Crippen molar-refractivity contribution < 1.29 is 22.0 Å². The highest BCUT2D eigenvalue weighted by molar-refractivity contribution is 7.89. The van der Waals surface area contributed by atoms with Crippen molar-refractivity contribution in [2.45, 2.75) is 11.8 Å². The topological polar surface area (TPSA) is 130 Å². The Morgan fingerprint density at radius 1 is 1.13 bits per heavy atom. The van der Waals surface area contributed by atoms with Crippen molar-refractivity contribution in [3.05, 3.63) is 81.9 Å². The number of nitrogens with one attached hydrogen (secondary N) is 2. The lowest BCUT2D eigenvalue weighted by Crippen LogP contribution is -2.38. The summed E-state index contributed by atoms with van der Waals surface area (Å²) in [7, 11) is -1.78. The number of amides is 1. The normalized spacial score (nSPS) is 14.9. The molecule has 0 saturated heterocycles. The number of sulfone groups is 1. The molecular weight excluding hydrogens is 516 g/mol. The predicted octanol–water partition coefficient (Wildman–Crippen LogP) is 2.62. The Kier molecular flexibility index (Phi) is 6.32. The highest BCUT2D eigenvalue weighted by Gasteiger charge is 2.34. The van der Waals surface area contributed by atoms with Crippen LogP contribution in [0, 0.1) is 11.6 Å². The minimum atomic E-state index is -3.37. The van der Waals surface area contributed by atoms with Crippen LogP contribution in [0.3, 0.4) is 0 Å². The molecule has 1 amide bonds. The summed E-state index contributed by atoms with van der Waals surface area (Å²) in [6, 6.07) is 7.45. The monoisotopic (exact) mass is 541 g/mol. The fourth-order valence-electron chi connectivity index (χ4n) is 5.02. The van der Waals surface area contributed by atoms with E-state index in [2.05, 4.69) is 10.3 Å². The Morgan fingerprint density at radius 3 is 2.55 bits per heavy atom. The third-order valence-electron chi connectivity index (χ3n) is 6.59. The van der Waals surface area contributed by atoms with Gasteiger partial charge in [-0.05, 0) is 29.8 Å². The van der Waals surface area contributed by atoms with Gasteiger partial charge < -0.3 is 25.5 Å². The summed E-state index contributed by atoms with van der Waals surface area (Å²) < 4.78 is 54.8. The van der Waals surface area contributed by atoms with Crippen LogP contribution in [-0.2, 0) is 27.4 Å². The Labute approximate surface area is 216 Å². The molecule has 1 aliphatic rings. The lowest BCUT2D eigenvalue weighted by Gasteiger charge is -2.34. The van der Waals surface area contributed by atoms with E-state index in [4.69, 9.17) is 5.73 Å². The summed E-state index contributed by atoms with van der Waals surface area (Å²) in [6.07, 6.45) is 4.40. The van der Waals surface area contributed by atoms with Gasteiger partial charge in [0.1, 0.15) is 17.2 Å². The second-order valence-electron chi connectivity index (χ2n) is 9.36. The largest absolute Gasteiger partial charge is 0.356 e. The maximum absolute atomic E-state index is 15.3. The van der Waals surface area contributed by atoms with Crippen molar-refractivity contribution in [3.63, 3.8) is 0 Å². The molecule has 4 N–H and O–H groups in total. The molecule has 1 atom stereocenters. The Bertz CT molecular complexity index is 1760. The van der Waals surface area contributed by atoms with Gasteiger partial charge in [-0.3, -0.25) is 9.59 Å². The molecule has 38 heavy (non-hydrogen) atoms. The van der Waals surface area contributed by atoms with Gasteiger partial charge in [0.15, 0.2) is 9.84 Å². The molecule has 1 aliphatic heterocycles. The molecule has 0 radical (unpaired) electrons. The standard InChI is InChI=1S/C26H25F2N5O4S/c1-32-12-18-16-7-14(13-38(2,36)37)3-5-20(16)33(21-6-4-15(27)8-19(21)28)22(11-30-23(34)9-29)17-10-31-25(24(17)18)26(32)35/h3-8,10,12,22,31H,9,11,13,29H2,1-2H3,(H,30,34). The summed E-state index contributed by atoms with van der Waals surface area (Å²) in [5, 5.41) is 3.30. The van der Waals surface area contributed by atoms with Crippen molar-refractivity contribution in [2.24, 2.45) is 12.8 Å². The number of carbonyl (C=O) groups is 1. The molecule has 9 nitrogen and oxygen atoms in total. The average Bonchev–Trinajstić information content (AvgIpc) is 3.25. The van der Waals surface area contributed by atoms with Crippen molar-refractivity contribution >= 4 is 38.0 Å². The van der Waals surface area contributed by atoms with Crippen molar-refractivity contribution in [2.75, 3.05) is 24.2 Å². The van der Waals surface area contributed by atoms with Crippen LogP contribution in [0.25, 0.3) is 22.0 Å². The first kappa shape index (κ1) is 25.6. The number of hydrogen-bond acceptors (Lipinski definition) is 6. The number of carbonyl (C=O) groups excluding carboxylic acids is 1. The molecule has 3 heterocycles. The molecule has 2 aromatic carbocycles. The summed E-state index contributed by atoms with van der Waals surface area (Å²) in [5.41, 5.74) is 8.26. The first-order valence-electron chi connectivity index (χ1n) is 11.7. The van der Waals surface area contributed by atoms with Crippen LogP contribution in [0.15, 0.2) is 53.6 Å². The van der Waals surface area contributed by atoms with Gasteiger partial charge >= 0.3 is 0 Å². The van der Waals surface area contributed by atoms with Gasteiger partial charge in [-0.1, -0.05) is 6.07 Å². The van der Waals surface area contributed by atoms with Crippen LogP contribution in [0.5, 0.6) is 0 Å². The van der Waals surface area contributed by atoms with Crippen LogP contribution < -0.4 is 21.5 Å². The zero-order valence-corrected chi connectivity index (χ0v) is 21.4. The van der Waals surface area contributed by atoms with E-state index < -0.39 is 33.4 Å². The molecule has 4 aromatic rings. The maximum Gasteiger partial charge on any atom is 0.274 e. The van der Waals surface area contributed by atoms with E-state index in [1.807, 2.05) is 0 Å². The average molecular weight is 542 g/mol. The number of H-pyrrole nitrogens is 1. The van der Waals surface area contributed by atoms with E-state index in [0.29, 0.717) is 38.8 Å². The third-order valence-corrected chi connectivity index (χ3v) is 7.45. The van der Waals surface area contributed by atoms with Gasteiger partial charge in [-0.15, -0.1) is 0 Å². The molecule has 0 bridgehead atoms.